The molecule has 0 radical (unpaired) electrons. The molecule has 0 amide bonds. The van der Waals surface area contributed by atoms with Gasteiger partial charge in [-0.2, -0.15) is 9.97 Å². The van der Waals surface area contributed by atoms with E-state index in [-0.39, 0.29) is 12.5 Å². The molecule has 1 aromatic heterocycles. The SMILES string of the molecule is C#CCN(N)c1nc(-c2ccccc2Cl)n(CC)c(=O)n1. The topological polar surface area (TPSA) is 77.0 Å². The fraction of sp³-hybridized carbons (Fsp3) is 0.214. The summed E-state index contributed by atoms with van der Waals surface area (Å²) in [5, 5.41) is 1.63. The summed E-state index contributed by atoms with van der Waals surface area (Å²) >= 11 is 6.18. The molecule has 2 N–H and O–H groups in total. The van der Waals surface area contributed by atoms with Gasteiger partial charge in [0, 0.05) is 12.1 Å². The minimum Gasteiger partial charge on any atom is -0.276 e. The van der Waals surface area contributed by atoms with E-state index in [2.05, 4.69) is 15.9 Å². The molecule has 0 unspecified atom stereocenters. The van der Waals surface area contributed by atoms with Crippen molar-refractivity contribution >= 4 is 17.5 Å². The lowest BCUT2D eigenvalue weighted by atomic mass is 10.2. The van der Waals surface area contributed by atoms with Crippen molar-refractivity contribution in [2.24, 2.45) is 5.84 Å². The third kappa shape index (κ3) is 3.05. The first-order valence-corrected chi connectivity index (χ1v) is 6.65. The van der Waals surface area contributed by atoms with Gasteiger partial charge in [-0.25, -0.2) is 10.6 Å². The van der Waals surface area contributed by atoms with Gasteiger partial charge in [0.05, 0.1) is 11.6 Å². The number of hydrogen-bond acceptors (Lipinski definition) is 5. The summed E-state index contributed by atoms with van der Waals surface area (Å²) in [5.41, 5.74) is 0.181. The van der Waals surface area contributed by atoms with Crippen LogP contribution in [0.15, 0.2) is 29.1 Å². The van der Waals surface area contributed by atoms with Crippen LogP contribution < -0.4 is 16.5 Å². The monoisotopic (exact) mass is 303 g/mol. The van der Waals surface area contributed by atoms with E-state index >= 15 is 0 Å². The number of nitrogens with two attached hydrogens (primary N) is 1. The summed E-state index contributed by atoms with van der Waals surface area (Å²) in [5.74, 6) is 8.58. The molecule has 0 spiro atoms. The van der Waals surface area contributed by atoms with Gasteiger partial charge < -0.3 is 0 Å². The first-order chi connectivity index (χ1) is 10.1. The Labute approximate surface area is 127 Å². The molecule has 0 bridgehead atoms. The second kappa shape index (κ2) is 6.39. The van der Waals surface area contributed by atoms with Crippen LogP contribution in [0.3, 0.4) is 0 Å². The van der Waals surface area contributed by atoms with Crippen LogP contribution >= 0.6 is 11.6 Å². The van der Waals surface area contributed by atoms with Crippen molar-refractivity contribution in [2.45, 2.75) is 13.5 Å². The summed E-state index contributed by atoms with van der Waals surface area (Å²) in [6.45, 7) is 2.34. The Morgan fingerprint density at radius 3 is 2.76 bits per heavy atom. The molecule has 1 heterocycles. The Morgan fingerprint density at radius 2 is 2.14 bits per heavy atom. The van der Waals surface area contributed by atoms with Crippen molar-refractivity contribution in [2.75, 3.05) is 11.6 Å². The second-order valence-electron chi connectivity index (χ2n) is 4.19. The highest BCUT2D eigenvalue weighted by Gasteiger charge is 2.15. The maximum Gasteiger partial charge on any atom is 0.352 e. The van der Waals surface area contributed by atoms with Crippen LogP contribution in [0.1, 0.15) is 6.92 Å². The molecule has 0 atom stereocenters. The second-order valence-corrected chi connectivity index (χ2v) is 4.59. The molecule has 0 saturated heterocycles. The quantitative estimate of drug-likeness (QED) is 0.523. The van der Waals surface area contributed by atoms with Gasteiger partial charge in [0.1, 0.15) is 5.82 Å². The van der Waals surface area contributed by atoms with Crippen molar-refractivity contribution in [1.29, 1.82) is 0 Å². The largest absolute Gasteiger partial charge is 0.352 e. The molecule has 2 rings (SSSR count). The molecule has 0 aliphatic carbocycles. The van der Waals surface area contributed by atoms with Crippen LogP contribution in [0.25, 0.3) is 11.4 Å². The van der Waals surface area contributed by atoms with Crippen molar-refractivity contribution in [3.8, 4) is 23.7 Å². The number of aromatic nitrogens is 3. The zero-order chi connectivity index (χ0) is 15.4. The maximum absolute atomic E-state index is 12.1. The molecule has 7 heteroatoms. The Morgan fingerprint density at radius 1 is 1.43 bits per heavy atom. The Bertz CT molecular complexity index is 750. The molecule has 0 saturated carbocycles. The number of nitrogens with zero attached hydrogens (tertiary/aromatic N) is 4. The van der Waals surface area contributed by atoms with Crippen LogP contribution in [-0.2, 0) is 6.54 Å². The lowest BCUT2D eigenvalue weighted by molar-refractivity contribution is 0.677. The molecular formula is C14H14ClN5O. The molecule has 0 fully saturated rings. The molecule has 0 aliphatic heterocycles. The van der Waals surface area contributed by atoms with Crippen LogP contribution in [0.4, 0.5) is 5.95 Å². The average Bonchev–Trinajstić information content (AvgIpc) is 2.47. The standard InChI is InChI=1S/C14H14ClN5O/c1-3-9-20(16)13-17-12(19(4-2)14(21)18-13)10-7-5-6-8-11(10)15/h1,5-8H,4,9,16H2,2H3. The van der Waals surface area contributed by atoms with E-state index in [0.29, 0.717) is 23.0 Å². The number of rotatable bonds is 4. The number of terminal acetylenes is 1. The fourth-order valence-electron chi connectivity index (χ4n) is 1.85. The van der Waals surface area contributed by atoms with Crippen molar-refractivity contribution in [3.05, 3.63) is 39.8 Å². The lowest BCUT2D eigenvalue weighted by Crippen LogP contribution is -2.37. The van der Waals surface area contributed by atoms with Crippen molar-refractivity contribution in [1.82, 2.24) is 14.5 Å². The molecule has 6 nitrogen and oxygen atoms in total. The Balaban J connectivity index is 2.67. The van der Waals surface area contributed by atoms with Gasteiger partial charge in [-0.05, 0) is 19.1 Å². The van der Waals surface area contributed by atoms with E-state index in [1.54, 1.807) is 18.2 Å². The number of benzene rings is 1. The number of halogens is 1. The fourth-order valence-corrected chi connectivity index (χ4v) is 2.07. The van der Waals surface area contributed by atoms with Gasteiger partial charge in [0.25, 0.3) is 0 Å². The highest BCUT2D eigenvalue weighted by Crippen LogP contribution is 2.25. The average molecular weight is 304 g/mol. The van der Waals surface area contributed by atoms with Crippen molar-refractivity contribution < 1.29 is 0 Å². The highest BCUT2D eigenvalue weighted by molar-refractivity contribution is 6.33. The number of hydrazine groups is 1. The number of anilines is 1. The first-order valence-electron chi connectivity index (χ1n) is 6.28. The van der Waals surface area contributed by atoms with Crippen LogP contribution in [0, 0.1) is 12.3 Å². The van der Waals surface area contributed by atoms with E-state index in [9.17, 15) is 4.79 Å². The minimum absolute atomic E-state index is 0.0672. The van der Waals surface area contributed by atoms with Gasteiger partial charge in [0.15, 0.2) is 0 Å². The maximum atomic E-state index is 12.1. The van der Waals surface area contributed by atoms with Crippen LogP contribution in [0.2, 0.25) is 5.02 Å². The zero-order valence-corrected chi connectivity index (χ0v) is 12.2. The zero-order valence-electron chi connectivity index (χ0n) is 11.5. The number of hydrogen-bond donors (Lipinski definition) is 1. The van der Waals surface area contributed by atoms with Gasteiger partial charge in [-0.1, -0.05) is 29.7 Å². The van der Waals surface area contributed by atoms with Gasteiger partial charge in [0.2, 0.25) is 5.95 Å². The molecule has 2 aromatic rings. The van der Waals surface area contributed by atoms with E-state index in [0.717, 1.165) is 5.01 Å². The third-order valence-corrected chi connectivity index (χ3v) is 3.17. The third-order valence-electron chi connectivity index (χ3n) is 2.84. The molecular weight excluding hydrogens is 290 g/mol. The molecule has 108 valence electrons. The molecule has 1 aromatic carbocycles. The first kappa shape index (κ1) is 15.0. The summed E-state index contributed by atoms with van der Waals surface area (Å²) in [7, 11) is 0. The summed E-state index contributed by atoms with van der Waals surface area (Å²) in [4.78, 5) is 20.3. The van der Waals surface area contributed by atoms with Gasteiger partial charge in [-0.3, -0.25) is 9.58 Å². The molecule has 21 heavy (non-hydrogen) atoms. The normalized spacial score (nSPS) is 10.2. The minimum atomic E-state index is -0.454. The predicted molar refractivity (Wildman–Crippen MR) is 82.8 cm³/mol. The summed E-state index contributed by atoms with van der Waals surface area (Å²) < 4.78 is 1.43. The van der Waals surface area contributed by atoms with Crippen LogP contribution in [0.5, 0.6) is 0 Å². The lowest BCUT2D eigenvalue weighted by Gasteiger charge is -2.16. The molecule has 0 aliphatic rings. The highest BCUT2D eigenvalue weighted by atomic mass is 35.5. The smallest absolute Gasteiger partial charge is 0.276 e. The summed E-state index contributed by atoms with van der Waals surface area (Å²) in [6.07, 6.45) is 5.20. The van der Waals surface area contributed by atoms with E-state index < -0.39 is 5.69 Å². The van der Waals surface area contributed by atoms with Crippen LogP contribution in [-0.4, -0.2) is 21.1 Å². The summed E-state index contributed by atoms with van der Waals surface area (Å²) in [6, 6.07) is 7.12. The van der Waals surface area contributed by atoms with E-state index in [1.165, 1.54) is 4.57 Å². The predicted octanol–water partition coefficient (Wildman–Crippen LogP) is 1.29. The van der Waals surface area contributed by atoms with Gasteiger partial charge >= 0.3 is 5.69 Å². The van der Waals surface area contributed by atoms with E-state index in [4.69, 9.17) is 23.9 Å². The van der Waals surface area contributed by atoms with Crippen molar-refractivity contribution in [3.63, 3.8) is 0 Å². The Hall–Kier alpha value is -2.36. The van der Waals surface area contributed by atoms with Gasteiger partial charge in [-0.15, -0.1) is 6.42 Å². The van der Waals surface area contributed by atoms with E-state index in [1.807, 2.05) is 13.0 Å². The Kier molecular flexibility index (Phi) is 4.58.